The predicted octanol–water partition coefficient (Wildman–Crippen LogP) is 3.47. The molecular formula is C19H37IN4. The third-order valence-corrected chi connectivity index (χ3v) is 6.52. The summed E-state index contributed by atoms with van der Waals surface area (Å²) in [5, 5.41) is 7.20. The molecule has 0 aromatic heterocycles. The van der Waals surface area contributed by atoms with Crippen molar-refractivity contribution in [2.45, 2.75) is 70.9 Å². The largest absolute Gasteiger partial charge is 0.356 e. The van der Waals surface area contributed by atoms with Gasteiger partial charge in [-0.15, -0.1) is 24.0 Å². The molecule has 140 valence electrons. The van der Waals surface area contributed by atoms with E-state index in [1.807, 2.05) is 7.05 Å². The molecule has 4 nitrogen and oxygen atoms in total. The first-order valence-electron chi connectivity index (χ1n) is 9.87. The van der Waals surface area contributed by atoms with Gasteiger partial charge in [0.1, 0.15) is 0 Å². The van der Waals surface area contributed by atoms with Gasteiger partial charge in [-0.05, 0) is 70.1 Å². The average Bonchev–Trinajstić information content (AvgIpc) is 3.17. The van der Waals surface area contributed by atoms with E-state index in [4.69, 9.17) is 0 Å². The van der Waals surface area contributed by atoms with Crippen LogP contribution in [0.5, 0.6) is 0 Å². The number of halogens is 1. The maximum Gasteiger partial charge on any atom is 0.191 e. The second-order valence-corrected chi connectivity index (χ2v) is 8.27. The molecule has 3 unspecified atom stereocenters. The third kappa shape index (κ3) is 5.23. The van der Waals surface area contributed by atoms with E-state index in [2.05, 4.69) is 34.4 Å². The number of piperidine rings is 1. The quantitative estimate of drug-likeness (QED) is 0.385. The Labute approximate surface area is 165 Å². The summed E-state index contributed by atoms with van der Waals surface area (Å²) in [4.78, 5) is 7.00. The molecule has 5 heteroatoms. The molecule has 3 fully saturated rings. The maximum absolute atomic E-state index is 4.43. The van der Waals surface area contributed by atoms with Gasteiger partial charge in [-0.1, -0.05) is 6.42 Å². The Bertz CT molecular complexity index is 404. The molecule has 2 N–H and O–H groups in total. The lowest BCUT2D eigenvalue weighted by Gasteiger charge is -2.35. The fourth-order valence-electron chi connectivity index (χ4n) is 5.05. The van der Waals surface area contributed by atoms with Crippen molar-refractivity contribution >= 4 is 29.9 Å². The van der Waals surface area contributed by atoms with Gasteiger partial charge in [-0.3, -0.25) is 4.99 Å². The van der Waals surface area contributed by atoms with Crippen molar-refractivity contribution < 1.29 is 0 Å². The van der Waals surface area contributed by atoms with Crippen LogP contribution in [-0.4, -0.2) is 49.6 Å². The summed E-state index contributed by atoms with van der Waals surface area (Å²) in [6.45, 7) is 8.08. The Kier molecular flexibility index (Phi) is 8.11. The smallest absolute Gasteiger partial charge is 0.191 e. The van der Waals surface area contributed by atoms with Crippen molar-refractivity contribution in [2.24, 2.45) is 22.7 Å². The number of rotatable bonds is 5. The van der Waals surface area contributed by atoms with Gasteiger partial charge in [0, 0.05) is 38.8 Å². The summed E-state index contributed by atoms with van der Waals surface area (Å²) in [5.74, 6) is 4.09. The highest BCUT2D eigenvalue weighted by molar-refractivity contribution is 14.0. The van der Waals surface area contributed by atoms with Gasteiger partial charge in [0.05, 0.1) is 0 Å². The highest BCUT2D eigenvalue weighted by atomic mass is 127. The maximum atomic E-state index is 4.43. The fourth-order valence-corrected chi connectivity index (χ4v) is 5.05. The SMILES string of the molecule is CN=C(NCCC1CC2CCC1C2)NC1CCN(C(C)C)CC1.I. The Morgan fingerprint density at radius 1 is 1.12 bits per heavy atom. The van der Waals surface area contributed by atoms with Crippen LogP contribution in [-0.2, 0) is 0 Å². The van der Waals surface area contributed by atoms with Gasteiger partial charge < -0.3 is 15.5 Å². The van der Waals surface area contributed by atoms with E-state index in [9.17, 15) is 0 Å². The molecule has 3 atom stereocenters. The van der Waals surface area contributed by atoms with Crippen LogP contribution in [0.25, 0.3) is 0 Å². The van der Waals surface area contributed by atoms with Crippen LogP contribution in [0.3, 0.4) is 0 Å². The molecule has 2 bridgehead atoms. The molecule has 3 rings (SSSR count). The molecule has 3 aliphatic rings. The van der Waals surface area contributed by atoms with E-state index < -0.39 is 0 Å². The lowest BCUT2D eigenvalue weighted by Crippen LogP contribution is -2.50. The second-order valence-electron chi connectivity index (χ2n) is 8.27. The van der Waals surface area contributed by atoms with E-state index >= 15 is 0 Å². The molecule has 24 heavy (non-hydrogen) atoms. The lowest BCUT2D eigenvalue weighted by molar-refractivity contribution is 0.167. The van der Waals surface area contributed by atoms with Gasteiger partial charge >= 0.3 is 0 Å². The van der Waals surface area contributed by atoms with E-state index in [1.54, 1.807) is 0 Å². The molecule has 0 spiro atoms. The third-order valence-electron chi connectivity index (χ3n) is 6.52. The van der Waals surface area contributed by atoms with Gasteiger partial charge in [0.2, 0.25) is 0 Å². The number of nitrogens with one attached hydrogen (secondary N) is 2. The number of likely N-dealkylation sites (tertiary alicyclic amines) is 1. The van der Waals surface area contributed by atoms with Crippen LogP contribution in [0, 0.1) is 17.8 Å². The molecule has 2 aliphatic carbocycles. The molecule has 0 aromatic rings. The second kappa shape index (κ2) is 9.60. The monoisotopic (exact) mass is 448 g/mol. The minimum Gasteiger partial charge on any atom is -0.356 e. The number of aliphatic imine (C=N–C) groups is 1. The number of guanidine groups is 1. The Morgan fingerprint density at radius 3 is 2.42 bits per heavy atom. The molecule has 0 radical (unpaired) electrons. The summed E-state index contributed by atoms with van der Waals surface area (Å²) in [6, 6.07) is 1.26. The fraction of sp³-hybridized carbons (Fsp3) is 0.947. The zero-order chi connectivity index (χ0) is 16.2. The molecule has 0 aromatic carbocycles. The zero-order valence-corrected chi connectivity index (χ0v) is 18.1. The topological polar surface area (TPSA) is 39.7 Å². The molecule has 1 saturated heterocycles. The number of hydrogen-bond acceptors (Lipinski definition) is 2. The number of nitrogens with zero attached hydrogens (tertiary/aromatic N) is 2. The van der Waals surface area contributed by atoms with Crippen LogP contribution in [0.4, 0.5) is 0 Å². The van der Waals surface area contributed by atoms with E-state index in [0.29, 0.717) is 12.1 Å². The molecule has 1 heterocycles. The van der Waals surface area contributed by atoms with E-state index in [-0.39, 0.29) is 24.0 Å². The number of fused-ring (bicyclic) bond motifs is 2. The Hall–Kier alpha value is -0.0400. The summed E-state index contributed by atoms with van der Waals surface area (Å²) < 4.78 is 0. The first-order chi connectivity index (χ1) is 11.2. The van der Waals surface area contributed by atoms with E-state index in [0.717, 1.165) is 30.3 Å². The summed E-state index contributed by atoms with van der Waals surface area (Å²) in [7, 11) is 1.90. The predicted molar refractivity (Wildman–Crippen MR) is 113 cm³/mol. The summed E-state index contributed by atoms with van der Waals surface area (Å²) in [6.07, 6.45) is 9.80. The van der Waals surface area contributed by atoms with E-state index in [1.165, 1.54) is 58.0 Å². The Balaban J connectivity index is 0.00000208. The van der Waals surface area contributed by atoms with Crippen LogP contribution >= 0.6 is 24.0 Å². The highest BCUT2D eigenvalue weighted by Gasteiger charge is 2.38. The Morgan fingerprint density at radius 2 is 1.88 bits per heavy atom. The van der Waals surface area contributed by atoms with Crippen molar-refractivity contribution in [1.82, 2.24) is 15.5 Å². The minimum absolute atomic E-state index is 0. The average molecular weight is 448 g/mol. The standard InChI is InChI=1S/C19H36N4.HI/c1-14(2)23-10-7-18(8-11-23)22-19(20-3)21-9-6-17-13-15-4-5-16(17)12-15;/h14-18H,4-13H2,1-3H3,(H2,20,21,22);1H. The number of hydrogen-bond donors (Lipinski definition) is 2. The van der Waals surface area contributed by atoms with Crippen molar-refractivity contribution in [3.63, 3.8) is 0 Å². The molecule has 0 amide bonds. The summed E-state index contributed by atoms with van der Waals surface area (Å²) in [5.41, 5.74) is 0. The van der Waals surface area contributed by atoms with Crippen molar-refractivity contribution in [3.05, 3.63) is 0 Å². The first kappa shape index (κ1) is 20.3. The molecule has 1 aliphatic heterocycles. The lowest BCUT2D eigenvalue weighted by atomic mass is 9.86. The molecule has 2 saturated carbocycles. The van der Waals surface area contributed by atoms with Crippen molar-refractivity contribution in [1.29, 1.82) is 0 Å². The summed E-state index contributed by atoms with van der Waals surface area (Å²) >= 11 is 0. The van der Waals surface area contributed by atoms with Crippen LogP contribution in [0.1, 0.15) is 58.8 Å². The minimum atomic E-state index is 0. The van der Waals surface area contributed by atoms with Gasteiger partial charge in [0.25, 0.3) is 0 Å². The van der Waals surface area contributed by atoms with Crippen molar-refractivity contribution in [2.75, 3.05) is 26.7 Å². The van der Waals surface area contributed by atoms with Crippen LogP contribution in [0.2, 0.25) is 0 Å². The molecular weight excluding hydrogens is 411 g/mol. The van der Waals surface area contributed by atoms with Gasteiger partial charge in [-0.2, -0.15) is 0 Å². The normalized spacial score (nSPS) is 31.3. The van der Waals surface area contributed by atoms with Crippen molar-refractivity contribution in [3.8, 4) is 0 Å². The highest BCUT2D eigenvalue weighted by Crippen LogP contribution is 2.49. The van der Waals surface area contributed by atoms with Gasteiger partial charge in [-0.25, -0.2) is 0 Å². The van der Waals surface area contributed by atoms with Gasteiger partial charge in [0.15, 0.2) is 5.96 Å². The zero-order valence-electron chi connectivity index (χ0n) is 15.8. The first-order valence-corrected chi connectivity index (χ1v) is 9.87. The van der Waals surface area contributed by atoms with Crippen LogP contribution < -0.4 is 10.6 Å². The van der Waals surface area contributed by atoms with Crippen LogP contribution in [0.15, 0.2) is 4.99 Å².